The van der Waals surface area contributed by atoms with Gasteiger partial charge in [0.05, 0.1) is 16.9 Å². The number of aliphatic carboxylic acids is 2. The molecule has 360 valence electrons. The van der Waals surface area contributed by atoms with E-state index in [1.54, 1.807) is 7.11 Å². The van der Waals surface area contributed by atoms with Crippen LogP contribution >= 0.6 is 48.0 Å². The Bertz CT molecular complexity index is 2880. The number of benzene rings is 4. The van der Waals surface area contributed by atoms with E-state index in [-0.39, 0.29) is 33.5 Å². The smallest absolute Gasteiger partial charge is 0.322 e. The molecule has 2 aliphatic carbocycles. The first-order valence-electron chi connectivity index (χ1n) is 22.8. The summed E-state index contributed by atoms with van der Waals surface area (Å²) >= 11 is 12.9. The monoisotopic (exact) mass is 1020 g/mol. The van der Waals surface area contributed by atoms with Gasteiger partial charge in [0, 0.05) is 46.7 Å². The van der Waals surface area contributed by atoms with Gasteiger partial charge < -0.3 is 35.4 Å². The van der Waals surface area contributed by atoms with Gasteiger partial charge in [-0.3, -0.25) is 38.6 Å². The topological polar surface area (TPSA) is 189 Å². The quantitative estimate of drug-likeness (QED) is 0.0751. The lowest BCUT2D eigenvalue weighted by Crippen LogP contribution is -2.41. The minimum Gasteiger partial charge on any atom is -0.497 e. The molecule has 6 aliphatic rings. The van der Waals surface area contributed by atoms with Crippen molar-refractivity contribution in [2.24, 2.45) is 0 Å². The maximum Gasteiger partial charge on any atom is 0.322 e. The van der Waals surface area contributed by atoms with Gasteiger partial charge in [0.1, 0.15) is 40.6 Å². The number of anilines is 4. The van der Waals surface area contributed by atoms with Gasteiger partial charge in [-0.05, 0) is 121 Å². The van der Waals surface area contributed by atoms with Gasteiger partial charge in [0.15, 0.2) is 0 Å². The third kappa shape index (κ3) is 10.1. The summed E-state index contributed by atoms with van der Waals surface area (Å²) in [4.78, 5) is 79.3. The van der Waals surface area contributed by atoms with E-state index in [9.17, 15) is 28.8 Å². The first kappa shape index (κ1) is 48.5. The van der Waals surface area contributed by atoms with Gasteiger partial charge in [0.2, 0.25) is 11.8 Å². The van der Waals surface area contributed by atoms with Crippen LogP contribution in [0.5, 0.6) is 5.75 Å². The van der Waals surface area contributed by atoms with Gasteiger partial charge in [-0.15, -0.1) is 0 Å². The fourth-order valence-electron chi connectivity index (χ4n) is 10.3. The highest BCUT2D eigenvalue weighted by atomic mass is 32.2. The van der Waals surface area contributed by atoms with Crippen LogP contribution in [0.2, 0.25) is 0 Å². The Hall–Kier alpha value is -6.54. The molecule has 4 aromatic carbocycles. The average molecular weight is 1020 g/mol. The van der Waals surface area contributed by atoms with E-state index >= 15 is 0 Å². The number of nitrogens with zero attached hydrogens (tertiary/aromatic N) is 4. The zero-order chi connectivity index (χ0) is 49.2. The summed E-state index contributed by atoms with van der Waals surface area (Å²) in [7, 11) is 1.66. The highest BCUT2D eigenvalue weighted by Crippen LogP contribution is 2.54. The number of rotatable bonds is 13. The van der Waals surface area contributed by atoms with E-state index in [1.807, 2.05) is 42.5 Å². The van der Waals surface area contributed by atoms with Crippen LogP contribution in [-0.4, -0.2) is 110 Å². The minimum absolute atomic E-state index is 0.277. The second-order valence-corrected chi connectivity index (χ2v) is 20.8. The maximum atomic E-state index is 12.9. The second kappa shape index (κ2) is 20.8. The standard InChI is InChI=1S/C26H25N3O5S2.C25H23N3O4S2/c1-34-17-8-6-16(7-9-17)29-20-4-2-3-18(20)19-11-15(5-10-21(19)29)12-22-25(33)28(26(35)36-22)14-23(30)27-13-24(31)32;29-22(26-13-23(30)31)14-27-24(32)21(34-25(27)33)12-15-9-10-20-18(11-15)17-7-4-8-19(17)28(20)16-5-2-1-3-6-16/h5-12,18,20H,2-4,13-14H2,1H3,(H,27,30)(H,31,32);1-3,5-6,9-12,17,19H,4,7-8,13-14H2,(H,26,29)(H,30,31)/b22-12+;21-12+. The van der Waals surface area contributed by atoms with Crippen molar-refractivity contribution in [2.45, 2.75) is 62.4 Å². The van der Waals surface area contributed by atoms with E-state index in [0.29, 0.717) is 33.7 Å². The number of hydrogen-bond acceptors (Lipinski definition) is 13. The fraction of sp³-hybridized carbons (Fsp3) is 0.294. The van der Waals surface area contributed by atoms with Crippen LogP contribution < -0.4 is 25.2 Å². The Kier molecular flexibility index (Phi) is 14.4. The predicted molar refractivity (Wildman–Crippen MR) is 278 cm³/mol. The van der Waals surface area contributed by atoms with Crippen LogP contribution in [0.4, 0.5) is 22.7 Å². The molecule has 4 N–H and O–H groups in total. The number of hydrogen-bond donors (Lipinski definition) is 4. The number of amides is 4. The van der Waals surface area contributed by atoms with Crippen molar-refractivity contribution >= 4 is 127 Å². The maximum absolute atomic E-state index is 12.9. The number of thiocarbonyl (C=S) groups is 2. The number of para-hydroxylation sites is 1. The van der Waals surface area contributed by atoms with Crippen molar-refractivity contribution in [1.82, 2.24) is 20.4 Å². The van der Waals surface area contributed by atoms with Gasteiger partial charge >= 0.3 is 11.9 Å². The van der Waals surface area contributed by atoms with Crippen LogP contribution in [0.1, 0.15) is 72.6 Å². The van der Waals surface area contributed by atoms with Crippen molar-refractivity contribution in [2.75, 3.05) is 43.1 Å². The molecule has 0 bridgehead atoms. The Balaban J connectivity index is 0.000000174. The number of ether oxygens (including phenoxy) is 1. The number of thioether (sulfide) groups is 2. The number of methoxy groups -OCH3 is 1. The Morgan fingerprint density at radius 2 is 1.09 bits per heavy atom. The van der Waals surface area contributed by atoms with Crippen molar-refractivity contribution in [3.63, 3.8) is 0 Å². The summed E-state index contributed by atoms with van der Waals surface area (Å²) in [5.74, 6) is -2.40. The lowest BCUT2D eigenvalue weighted by molar-refractivity contribution is -0.138. The second-order valence-electron chi connectivity index (χ2n) is 17.5. The Morgan fingerprint density at radius 1 is 0.643 bits per heavy atom. The number of carbonyl (C=O) groups is 6. The molecule has 4 amide bonds. The summed E-state index contributed by atoms with van der Waals surface area (Å²) in [6.45, 7) is -1.61. The number of carboxylic acid groups (broad SMARTS) is 2. The minimum atomic E-state index is -1.15. The van der Waals surface area contributed by atoms with Crippen molar-refractivity contribution < 1.29 is 43.7 Å². The normalized spacial score (nSPS) is 22.0. The predicted octanol–water partition coefficient (Wildman–Crippen LogP) is 7.76. The summed E-state index contributed by atoms with van der Waals surface area (Å²) in [5, 5.41) is 21.9. The third-order valence-corrected chi connectivity index (χ3v) is 16.0. The van der Waals surface area contributed by atoms with E-state index in [4.69, 9.17) is 39.4 Å². The molecule has 4 aromatic rings. The molecule has 19 heteroatoms. The zero-order valence-corrected chi connectivity index (χ0v) is 41.1. The summed E-state index contributed by atoms with van der Waals surface area (Å²) in [6.07, 6.45) is 10.6. The molecule has 2 saturated heterocycles. The van der Waals surface area contributed by atoms with E-state index in [1.165, 1.54) is 50.8 Å². The SMILES string of the molecule is COc1ccc(N2c3ccc(/C=C4/SC(=S)N(CC(=O)NCC(=O)O)C4=O)cc3C3CCCC32)cc1.O=C(O)CNC(=O)CN1C(=O)/C(=C\c2ccc3c(c2)C2CCCC2N3c2ccccc2)SC1=S. The first-order chi connectivity index (χ1) is 33.8. The summed E-state index contributed by atoms with van der Waals surface area (Å²) in [5.41, 5.74) is 9.18. The molecule has 15 nitrogen and oxygen atoms in total. The largest absolute Gasteiger partial charge is 0.497 e. The summed E-state index contributed by atoms with van der Waals surface area (Å²) < 4.78 is 5.88. The molecular weight excluding hydrogens is 969 g/mol. The van der Waals surface area contributed by atoms with E-state index < -0.39 is 36.8 Å². The molecule has 4 unspecified atom stereocenters. The van der Waals surface area contributed by atoms with Crippen LogP contribution in [0.3, 0.4) is 0 Å². The van der Waals surface area contributed by atoms with E-state index in [2.05, 4.69) is 81.1 Å². The number of fused-ring (bicyclic) bond motifs is 6. The molecule has 4 aliphatic heterocycles. The van der Waals surface area contributed by atoms with Crippen LogP contribution in [0.25, 0.3) is 12.2 Å². The Labute approximate surface area is 423 Å². The van der Waals surface area contributed by atoms with Crippen molar-refractivity contribution in [3.8, 4) is 5.75 Å². The van der Waals surface area contributed by atoms with Crippen LogP contribution in [-0.2, 0) is 28.8 Å². The van der Waals surface area contributed by atoms with Crippen molar-refractivity contribution in [3.05, 3.63) is 123 Å². The fourth-order valence-corrected chi connectivity index (χ4v) is 12.8. The van der Waals surface area contributed by atoms with Gasteiger partial charge in [-0.1, -0.05) is 91.1 Å². The average Bonchev–Trinajstić information content (AvgIpc) is 4.21. The molecule has 0 aromatic heterocycles. The molecule has 4 heterocycles. The molecule has 0 spiro atoms. The zero-order valence-electron chi connectivity index (χ0n) is 37.9. The molecule has 2 saturated carbocycles. The highest BCUT2D eigenvalue weighted by Gasteiger charge is 2.44. The van der Waals surface area contributed by atoms with Gasteiger partial charge in [0.25, 0.3) is 11.8 Å². The molecule has 4 atom stereocenters. The summed E-state index contributed by atoms with van der Waals surface area (Å²) in [6, 6.07) is 32.1. The molecule has 70 heavy (non-hydrogen) atoms. The van der Waals surface area contributed by atoms with Gasteiger partial charge in [-0.25, -0.2) is 0 Å². The van der Waals surface area contributed by atoms with Crippen molar-refractivity contribution in [1.29, 1.82) is 0 Å². The van der Waals surface area contributed by atoms with Crippen LogP contribution in [0.15, 0.2) is 101 Å². The Morgan fingerprint density at radius 3 is 1.51 bits per heavy atom. The number of carbonyl (C=O) groups excluding carboxylic acids is 4. The molecule has 10 rings (SSSR count). The first-order valence-corrected chi connectivity index (χ1v) is 25.3. The van der Waals surface area contributed by atoms with E-state index in [0.717, 1.165) is 71.8 Å². The lowest BCUT2D eigenvalue weighted by atomic mass is 9.96. The number of carboxylic acids is 2. The lowest BCUT2D eigenvalue weighted by Gasteiger charge is -2.27. The molecule has 4 fully saturated rings. The third-order valence-electron chi connectivity index (χ3n) is 13.2. The molecule has 0 radical (unpaired) electrons. The number of nitrogens with one attached hydrogen (secondary N) is 2. The highest BCUT2D eigenvalue weighted by molar-refractivity contribution is 8.27. The molecular formula is C51H48N6O9S4. The van der Waals surface area contributed by atoms with Gasteiger partial charge in [-0.2, -0.15) is 0 Å². The van der Waals surface area contributed by atoms with Crippen LogP contribution in [0, 0.1) is 0 Å².